The largest absolute Gasteiger partial charge is 0.493 e. The molecule has 0 unspecified atom stereocenters. The predicted molar refractivity (Wildman–Crippen MR) is 182 cm³/mol. The molecule has 45 heavy (non-hydrogen) atoms. The van der Waals surface area contributed by atoms with Gasteiger partial charge in [0, 0.05) is 72.7 Å². The molecule has 1 aliphatic heterocycles. The molecule has 0 radical (unpaired) electrons. The van der Waals surface area contributed by atoms with Crippen LogP contribution in [0.5, 0.6) is 23.0 Å². The lowest BCUT2D eigenvalue weighted by Crippen LogP contribution is -2.44. The van der Waals surface area contributed by atoms with Crippen LogP contribution >= 0.6 is 35.4 Å². The summed E-state index contributed by atoms with van der Waals surface area (Å²) in [6, 6.07) is 14.8. The number of nitrogens with zero attached hydrogens (tertiary/aromatic N) is 4. The van der Waals surface area contributed by atoms with Gasteiger partial charge in [-0.2, -0.15) is 5.10 Å². The third-order valence-electron chi connectivity index (χ3n) is 7.20. The van der Waals surface area contributed by atoms with E-state index in [1.807, 2.05) is 6.07 Å². The Morgan fingerprint density at radius 1 is 1.02 bits per heavy atom. The molecule has 0 atom stereocenters. The summed E-state index contributed by atoms with van der Waals surface area (Å²) < 4.78 is 32.8. The fourth-order valence-electron chi connectivity index (χ4n) is 4.74. The second-order valence-electron chi connectivity index (χ2n) is 10.4. The van der Waals surface area contributed by atoms with Gasteiger partial charge in [-0.25, -0.2) is 4.39 Å². The van der Waals surface area contributed by atoms with Crippen molar-refractivity contribution in [2.75, 3.05) is 58.8 Å². The minimum Gasteiger partial charge on any atom is -0.493 e. The van der Waals surface area contributed by atoms with Gasteiger partial charge in [-0.3, -0.25) is 10.4 Å². The standard InChI is InChI=1S/C32H33Cl2FN6O3S/c1-40-11-13-41(14-12-40)10-3-15-43-31-19-27-24(18-30(31)42-2)28(8-9-36-27)44-29-7-6-23(17-26(29)35)38-32(45)39-37-20-21-4-5-22(33)16-25(21)34/h4-9,16-20H,3,10-15H2,1-2H3,(H2,38,39,45)/b37-20+. The molecular weight excluding hydrogens is 638 g/mol. The summed E-state index contributed by atoms with van der Waals surface area (Å²) in [5.41, 5.74) is 4.38. The van der Waals surface area contributed by atoms with Crippen molar-refractivity contribution < 1.29 is 18.6 Å². The van der Waals surface area contributed by atoms with Crippen LogP contribution in [-0.2, 0) is 0 Å². The fourth-order valence-corrected chi connectivity index (χ4v) is 5.36. The number of hydrogen-bond donors (Lipinski definition) is 2. The number of benzene rings is 3. The Hall–Kier alpha value is -3.74. The molecule has 0 amide bonds. The van der Waals surface area contributed by atoms with Gasteiger partial charge in [0.15, 0.2) is 28.2 Å². The van der Waals surface area contributed by atoms with E-state index in [1.165, 1.54) is 18.3 Å². The van der Waals surface area contributed by atoms with E-state index < -0.39 is 5.82 Å². The molecule has 0 aliphatic carbocycles. The third kappa shape index (κ3) is 8.93. The third-order valence-corrected chi connectivity index (χ3v) is 7.96. The van der Waals surface area contributed by atoms with Crippen molar-refractivity contribution in [2.24, 2.45) is 5.10 Å². The lowest BCUT2D eigenvalue weighted by atomic mass is 10.1. The number of pyridine rings is 1. The zero-order chi connectivity index (χ0) is 31.8. The van der Waals surface area contributed by atoms with E-state index in [0.717, 1.165) is 39.1 Å². The summed E-state index contributed by atoms with van der Waals surface area (Å²) in [5, 5.41) is 8.74. The molecule has 13 heteroatoms. The second kappa shape index (κ2) is 15.5. The number of anilines is 1. The number of methoxy groups -OCH3 is 1. The number of piperazine rings is 1. The number of nitrogens with one attached hydrogen (secondary N) is 2. The van der Waals surface area contributed by atoms with Gasteiger partial charge in [0.2, 0.25) is 0 Å². The van der Waals surface area contributed by atoms with Crippen molar-refractivity contribution in [2.45, 2.75) is 6.42 Å². The van der Waals surface area contributed by atoms with Crippen LogP contribution in [0.25, 0.3) is 10.9 Å². The highest BCUT2D eigenvalue weighted by Crippen LogP contribution is 2.38. The molecule has 0 spiro atoms. The predicted octanol–water partition coefficient (Wildman–Crippen LogP) is 6.82. The summed E-state index contributed by atoms with van der Waals surface area (Å²) >= 11 is 17.3. The summed E-state index contributed by atoms with van der Waals surface area (Å²) in [6.07, 6.45) is 4.01. The monoisotopic (exact) mass is 670 g/mol. The summed E-state index contributed by atoms with van der Waals surface area (Å²) in [6.45, 7) is 5.86. The Morgan fingerprint density at radius 3 is 2.60 bits per heavy atom. The summed E-state index contributed by atoms with van der Waals surface area (Å²) in [5.74, 6) is 1.01. The second-order valence-corrected chi connectivity index (χ2v) is 11.7. The van der Waals surface area contributed by atoms with Crippen LogP contribution in [0.1, 0.15) is 12.0 Å². The molecule has 0 bridgehead atoms. The van der Waals surface area contributed by atoms with Crippen LogP contribution in [-0.4, -0.2) is 79.6 Å². The number of hydrogen-bond acceptors (Lipinski definition) is 8. The van der Waals surface area contributed by atoms with Gasteiger partial charge >= 0.3 is 0 Å². The molecule has 1 aliphatic rings. The Morgan fingerprint density at radius 2 is 1.84 bits per heavy atom. The number of rotatable bonds is 11. The van der Waals surface area contributed by atoms with Crippen molar-refractivity contribution in [1.29, 1.82) is 0 Å². The van der Waals surface area contributed by atoms with Crippen molar-refractivity contribution >= 4 is 63.3 Å². The average Bonchev–Trinajstić information content (AvgIpc) is 3.02. The first-order valence-corrected chi connectivity index (χ1v) is 15.5. The molecule has 1 saturated heterocycles. The first-order valence-electron chi connectivity index (χ1n) is 14.3. The maximum atomic E-state index is 15.1. The SMILES string of the molecule is COc1cc2c(Oc3ccc(NC(=S)N/N=C/c4ccc(Cl)cc4Cl)cc3F)ccnc2cc1OCCCN1CCN(C)CC1. The quantitative estimate of drug-likeness (QED) is 0.0773. The van der Waals surface area contributed by atoms with Crippen LogP contribution in [0, 0.1) is 5.82 Å². The number of likely N-dealkylation sites (N-methyl/N-ethyl adjacent to an activating group) is 1. The highest BCUT2D eigenvalue weighted by atomic mass is 35.5. The Labute approximate surface area is 276 Å². The molecule has 1 fully saturated rings. The zero-order valence-corrected chi connectivity index (χ0v) is 27.2. The number of halogens is 3. The molecule has 9 nitrogen and oxygen atoms in total. The van der Waals surface area contributed by atoms with E-state index in [2.05, 4.69) is 37.7 Å². The van der Waals surface area contributed by atoms with Crippen molar-refractivity contribution in [3.63, 3.8) is 0 Å². The van der Waals surface area contributed by atoms with Gasteiger partial charge in [0.05, 0.1) is 30.5 Å². The Bertz CT molecular complexity index is 1690. The molecule has 5 rings (SSSR count). The van der Waals surface area contributed by atoms with Crippen LogP contribution in [0.3, 0.4) is 0 Å². The maximum absolute atomic E-state index is 15.1. The molecule has 236 valence electrons. The minimum absolute atomic E-state index is 0.0329. The van der Waals surface area contributed by atoms with E-state index in [9.17, 15) is 0 Å². The lowest BCUT2D eigenvalue weighted by molar-refractivity contribution is 0.145. The molecule has 2 heterocycles. The van der Waals surface area contributed by atoms with Gasteiger partial charge in [0.25, 0.3) is 0 Å². The molecule has 4 aromatic rings. The first-order chi connectivity index (χ1) is 21.8. The number of fused-ring (bicyclic) bond motifs is 1. The molecule has 3 aromatic carbocycles. The highest BCUT2D eigenvalue weighted by Gasteiger charge is 2.16. The Kier molecular flexibility index (Phi) is 11.2. The van der Waals surface area contributed by atoms with Gasteiger partial charge in [-0.15, -0.1) is 0 Å². The van der Waals surface area contributed by atoms with Crippen LogP contribution in [0.2, 0.25) is 10.0 Å². The van der Waals surface area contributed by atoms with E-state index >= 15 is 4.39 Å². The van der Waals surface area contributed by atoms with E-state index in [1.54, 1.807) is 49.7 Å². The van der Waals surface area contributed by atoms with Gasteiger partial charge in [0.1, 0.15) is 5.75 Å². The van der Waals surface area contributed by atoms with E-state index in [0.29, 0.717) is 56.1 Å². The summed E-state index contributed by atoms with van der Waals surface area (Å²) in [4.78, 5) is 9.27. The Balaban J connectivity index is 1.20. The van der Waals surface area contributed by atoms with Crippen LogP contribution < -0.4 is 25.0 Å². The molecular formula is C32H33Cl2FN6O3S. The fraction of sp³-hybridized carbons (Fsp3) is 0.281. The van der Waals surface area contributed by atoms with Crippen molar-refractivity contribution in [1.82, 2.24) is 20.2 Å². The minimum atomic E-state index is -0.587. The maximum Gasteiger partial charge on any atom is 0.191 e. The first kappa shape index (κ1) is 32.6. The van der Waals surface area contributed by atoms with Gasteiger partial charge < -0.3 is 29.3 Å². The van der Waals surface area contributed by atoms with Gasteiger partial charge in [-0.1, -0.05) is 29.3 Å². The van der Waals surface area contributed by atoms with Gasteiger partial charge in [-0.05, 0) is 62.1 Å². The average molecular weight is 672 g/mol. The number of ether oxygens (including phenoxy) is 3. The number of thiocarbonyl (C=S) groups is 1. The van der Waals surface area contributed by atoms with Crippen LogP contribution in [0.15, 0.2) is 65.9 Å². The van der Waals surface area contributed by atoms with Crippen molar-refractivity contribution in [3.05, 3.63) is 82.2 Å². The molecule has 0 saturated carbocycles. The number of hydrazone groups is 1. The lowest BCUT2D eigenvalue weighted by Gasteiger charge is -2.32. The zero-order valence-electron chi connectivity index (χ0n) is 24.9. The topological polar surface area (TPSA) is 83.5 Å². The number of aromatic nitrogens is 1. The smallest absolute Gasteiger partial charge is 0.191 e. The molecule has 2 N–H and O–H groups in total. The van der Waals surface area contributed by atoms with Crippen molar-refractivity contribution in [3.8, 4) is 23.0 Å². The van der Waals surface area contributed by atoms with Crippen LogP contribution in [0.4, 0.5) is 10.1 Å². The molecule has 1 aromatic heterocycles. The van der Waals surface area contributed by atoms with E-state index in [4.69, 9.17) is 49.6 Å². The normalized spacial score (nSPS) is 14.1. The highest BCUT2D eigenvalue weighted by molar-refractivity contribution is 7.80. The summed E-state index contributed by atoms with van der Waals surface area (Å²) in [7, 11) is 3.73. The van der Waals surface area contributed by atoms with E-state index in [-0.39, 0.29) is 10.9 Å².